The zero-order chi connectivity index (χ0) is 14.5. The van der Waals surface area contributed by atoms with Crippen molar-refractivity contribution in [3.8, 4) is 11.4 Å². The van der Waals surface area contributed by atoms with Crippen molar-refractivity contribution in [2.45, 2.75) is 38.0 Å². The Bertz CT molecular complexity index is 556. The number of hydrogen-bond donors (Lipinski definition) is 1. The summed E-state index contributed by atoms with van der Waals surface area (Å²) in [6.07, 6.45) is 10.5. The number of nitrogens with zero attached hydrogens (tertiary/aromatic N) is 2. The summed E-state index contributed by atoms with van der Waals surface area (Å²) in [7, 11) is 0. The summed E-state index contributed by atoms with van der Waals surface area (Å²) in [5.74, 6) is 1.51. The van der Waals surface area contributed by atoms with E-state index in [2.05, 4.69) is 21.7 Å². The Balaban J connectivity index is 1.78. The predicted octanol–water partition coefficient (Wildman–Crippen LogP) is 3.26. The van der Waals surface area contributed by atoms with Crippen molar-refractivity contribution in [2.24, 2.45) is 5.73 Å². The van der Waals surface area contributed by atoms with Crippen molar-refractivity contribution in [2.75, 3.05) is 13.2 Å². The number of benzene rings is 1. The molecule has 4 heteroatoms. The lowest BCUT2D eigenvalue weighted by Gasteiger charge is -2.22. The molecular formula is C17H23N3O. The van der Waals surface area contributed by atoms with E-state index in [0.717, 1.165) is 11.4 Å². The first-order valence-electron chi connectivity index (χ1n) is 7.84. The lowest BCUT2D eigenvalue weighted by molar-refractivity contribution is 0.328. The molecule has 0 amide bonds. The van der Waals surface area contributed by atoms with Crippen LogP contribution in [0.5, 0.6) is 5.75 Å². The first-order valence-corrected chi connectivity index (χ1v) is 7.84. The lowest BCUT2D eigenvalue weighted by atomic mass is 9.87. The number of aromatic nitrogens is 2. The molecule has 3 rings (SSSR count). The Kier molecular flexibility index (Phi) is 4.55. The average Bonchev–Trinajstić information content (AvgIpc) is 3.04. The van der Waals surface area contributed by atoms with Crippen LogP contribution in [0.25, 0.3) is 5.69 Å². The molecule has 2 N–H and O–H groups in total. The fourth-order valence-electron chi connectivity index (χ4n) is 3.10. The molecule has 0 unspecified atom stereocenters. The molecule has 0 spiro atoms. The Labute approximate surface area is 125 Å². The molecule has 21 heavy (non-hydrogen) atoms. The van der Waals surface area contributed by atoms with E-state index in [4.69, 9.17) is 10.5 Å². The monoisotopic (exact) mass is 285 g/mol. The molecule has 1 heterocycles. The van der Waals surface area contributed by atoms with Crippen LogP contribution in [0.15, 0.2) is 36.8 Å². The number of ether oxygens (including phenoxy) is 1. The molecule has 2 aromatic rings. The van der Waals surface area contributed by atoms with Crippen molar-refractivity contribution >= 4 is 0 Å². The maximum Gasteiger partial charge on any atom is 0.119 e. The fourth-order valence-corrected chi connectivity index (χ4v) is 3.10. The number of nitrogens with two attached hydrogens (primary N) is 1. The maximum atomic E-state index is 5.52. The molecular weight excluding hydrogens is 262 g/mol. The minimum atomic E-state index is 0.537. The van der Waals surface area contributed by atoms with E-state index in [1.807, 2.05) is 24.7 Å². The highest BCUT2D eigenvalue weighted by molar-refractivity contribution is 5.39. The predicted molar refractivity (Wildman–Crippen MR) is 83.9 cm³/mol. The molecule has 0 aliphatic heterocycles. The van der Waals surface area contributed by atoms with Gasteiger partial charge in [0, 0.05) is 30.0 Å². The third kappa shape index (κ3) is 3.27. The molecule has 1 aliphatic carbocycles. The summed E-state index contributed by atoms with van der Waals surface area (Å²) in [5.41, 5.74) is 7.93. The SMILES string of the molecule is NCCOc1ccc(-n2cncc2C2CCCCC2)cc1. The number of rotatable bonds is 5. The Hall–Kier alpha value is -1.81. The van der Waals surface area contributed by atoms with Crippen LogP contribution in [0.1, 0.15) is 43.7 Å². The van der Waals surface area contributed by atoms with E-state index < -0.39 is 0 Å². The van der Waals surface area contributed by atoms with E-state index >= 15 is 0 Å². The third-order valence-corrected chi connectivity index (χ3v) is 4.19. The smallest absolute Gasteiger partial charge is 0.119 e. The van der Waals surface area contributed by atoms with Crippen molar-refractivity contribution in [1.29, 1.82) is 0 Å². The summed E-state index contributed by atoms with van der Waals surface area (Å²) < 4.78 is 7.74. The van der Waals surface area contributed by atoms with Crippen LogP contribution in [0.3, 0.4) is 0 Å². The van der Waals surface area contributed by atoms with Crippen LogP contribution in [0.4, 0.5) is 0 Å². The van der Waals surface area contributed by atoms with Gasteiger partial charge >= 0.3 is 0 Å². The van der Waals surface area contributed by atoms with Crippen molar-refractivity contribution in [1.82, 2.24) is 9.55 Å². The summed E-state index contributed by atoms with van der Waals surface area (Å²) in [6.45, 7) is 1.09. The van der Waals surface area contributed by atoms with E-state index in [1.165, 1.54) is 37.8 Å². The summed E-state index contributed by atoms with van der Waals surface area (Å²) in [6, 6.07) is 8.16. The van der Waals surface area contributed by atoms with Crippen LogP contribution in [-0.4, -0.2) is 22.7 Å². The van der Waals surface area contributed by atoms with Crippen LogP contribution < -0.4 is 10.5 Å². The normalized spacial score (nSPS) is 16.0. The van der Waals surface area contributed by atoms with Crippen molar-refractivity contribution in [3.63, 3.8) is 0 Å². The van der Waals surface area contributed by atoms with Gasteiger partial charge in [-0.15, -0.1) is 0 Å². The van der Waals surface area contributed by atoms with Gasteiger partial charge in [0.1, 0.15) is 12.4 Å². The van der Waals surface area contributed by atoms with E-state index in [9.17, 15) is 0 Å². The van der Waals surface area contributed by atoms with Crippen molar-refractivity contribution < 1.29 is 4.74 Å². The van der Waals surface area contributed by atoms with Gasteiger partial charge < -0.3 is 15.0 Å². The van der Waals surface area contributed by atoms with Gasteiger partial charge in [-0.2, -0.15) is 0 Å². The second-order valence-electron chi connectivity index (χ2n) is 5.65. The van der Waals surface area contributed by atoms with E-state index in [1.54, 1.807) is 0 Å². The third-order valence-electron chi connectivity index (χ3n) is 4.19. The molecule has 0 bridgehead atoms. The fraction of sp³-hybridized carbons (Fsp3) is 0.471. The molecule has 0 saturated heterocycles. The molecule has 1 fully saturated rings. The molecule has 1 saturated carbocycles. The quantitative estimate of drug-likeness (QED) is 0.917. The maximum absolute atomic E-state index is 5.52. The van der Waals surface area contributed by atoms with Gasteiger partial charge in [-0.1, -0.05) is 19.3 Å². The Morgan fingerprint density at radius 2 is 1.90 bits per heavy atom. The number of hydrogen-bond acceptors (Lipinski definition) is 3. The molecule has 1 aromatic carbocycles. The van der Waals surface area contributed by atoms with Crippen LogP contribution in [0, 0.1) is 0 Å². The van der Waals surface area contributed by atoms with Gasteiger partial charge in [0.2, 0.25) is 0 Å². The Morgan fingerprint density at radius 3 is 2.62 bits per heavy atom. The van der Waals surface area contributed by atoms with Gasteiger partial charge in [-0.25, -0.2) is 4.98 Å². The lowest BCUT2D eigenvalue weighted by Crippen LogP contribution is -2.11. The van der Waals surface area contributed by atoms with Crippen LogP contribution in [0.2, 0.25) is 0 Å². The van der Waals surface area contributed by atoms with Gasteiger partial charge in [-0.05, 0) is 37.1 Å². The number of imidazole rings is 1. The standard InChI is InChI=1S/C17H23N3O/c18-10-11-21-16-8-6-15(7-9-16)20-13-19-12-17(20)14-4-2-1-3-5-14/h6-9,12-14H,1-5,10-11,18H2. The van der Waals surface area contributed by atoms with E-state index in [-0.39, 0.29) is 0 Å². The highest BCUT2D eigenvalue weighted by Crippen LogP contribution is 2.33. The highest BCUT2D eigenvalue weighted by Gasteiger charge is 2.19. The van der Waals surface area contributed by atoms with Crippen molar-refractivity contribution in [3.05, 3.63) is 42.5 Å². The molecule has 1 aromatic heterocycles. The summed E-state index contributed by atoms with van der Waals surface area (Å²) in [4.78, 5) is 4.36. The average molecular weight is 285 g/mol. The first-order chi connectivity index (χ1) is 10.4. The second-order valence-corrected chi connectivity index (χ2v) is 5.65. The zero-order valence-corrected chi connectivity index (χ0v) is 12.4. The largest absolute Gasteiger partial charge is 0.492 e. The van der Waals surface area contributed by atoms with Gasteiger partial charge in [0.05, 0.1) is 6.33 Å². The van der Waals surface area contributed by atoms with Gasteiger partial charge in [0.25, 0.3) is 0 Å². The second kappa shape index (κ2) is 6.76. The topological polar surface area (TPSA) is 53.1 Å². The minimum absolute atomic E-state index is 0.537. The summed E-state index contributed by atoms with van der Waals surface area (Å²) >= 11 is 0. The van der Waals surface area contributed by atoms with Gasteiger partial charge in [0.15, 0.2) is 0 Å². The Morgan fingerprint density at radius 1 is 1.14 bits per heavy atom. The molecule has 0 radical (unpaired) electrons. The summed E-state index contributed by atoms with van der Waals surface area (Å²) in [5, 5.41) is 0. The van der Waals surface area contributed by atoms with Crippen LogP contribution >= 0.6 is 0 Å². The highest BCUT2D eigenvalue weighted by atomic mass is 16.5. The minimum Gasteiger partial charge on any atom is -0.492 e. The van der Waals surface area contributed by atoms with Crippen LogP contribution in [-0.2, 0) is 0 Å². The first kappa shape index (κ1) is 14.1. The molecule has 0 atom stereocenters. The zero-order valence-electron chi connectivity index (χ0n) is 12.4. The van der Waals surface area contributed by atoms with E-state index in [0.29, 0.717) is 19.1 Å². The van der Waals surface area contributed by atoms with Gasteiger partial charge in [-0.3, -0.25) is 0 Å². The molecule has 4 nitrogen and oxygen atoms in total. The molecule has 112 valence electrons. The molecule has 1 aliphatic rings.